The maximum atomic E-state index is 6.15. The van der Waals surface area contributed by atoms with Gasteiger partial charge in [0.25, 0.3) is 0 Å². The van der Waals surface area contributed by atoms with E-state index in [-0.39, 0.29) is 6.10 Å². The highest BCUT2D eigenvalue weighted by molar-refractivity contribution is 9.10. The Morgan fingerprint density at radius 1 is 1.10 bits per heavy atom. The number of ether oxygens (including phenoxy) is 1. The lowest BCUT2D eigenvalue weighted by atomic mass is 10.1. The van der Waals surface area contributed by atoms with E-state index in [1.54, 1.807) is 0 Å². The maximum absolute atomic E-state index is 6.15. The van der Waals surface area contributed by atoms with Crippen LogP contribution in [0.2, 0.25) is 0 Å². The largest absolute Gasteiger partial charge is 0.372 e. The molecule has 0 aliphatic carbocycles. The summed E-state index contributed by atoms with van der Waals surface area (Å²) < 4.78 is 7.28. The van der Waals surface area contributed by atoms with Crippen molar-refractivity contribution in [1.82, 2.24) is 5.32 Å². The van der Waals surface area contributed by atoms with E-state index in [2.05, 4.69) is 60.2 Å². The molecule has 0 amide bonds. The van der Waals surface area contributed by atoms with Gasteiger partial charge in [-0.1, -0.05) is 80.6 Å². The first-order valence-corrected chi connectivity index (χ1v) is 9.03. The van der Waals surface area contributed by atoms with E-state index in [4.69, 9.17) is 4.74 Å². The molecule has 21 heavy (non-hydrogen) atoms. The lowest BCUT2D eigenvalue weighted by Gasteiger charge is -2.21. The topological polar surface area (TPSA) is 21.3 Å². The van der Waals surface area contributed by atoms with E-state index in [0.29, 0.717) is 6.04 Å². The fraction of sp³-hybridized carbons (Fsp3) is 0.667. The molecule has 0 heterocycles. The van der Waals surface area contributed by atoms with Crippen LogP contribution >= 0.6 is 15.9 Å². The monoisotopic (exact) mass is 355 g/mol. The van der Waals surface area contributed by atoms with Gasteiger partial charge in [0.1, 0.15) is 0 Å². The van der Waals surface area contributed by atoms with Crippen molar-refractivity contribution in [2.24, 2.45) is 0 Å². The Hall–Kier alpha value is -0.380. The molecule has 1 atom stereocenters. The molecule has 3 heteroatoms. The molecule has 0 spiro atoms. The Balaban J connectivity index is 2.47. The second-order valence-corrected chi connectivity index (χ2v) is 6.71. The Kier molecular flexibility index (Phi) is 9.98. The molecule has 1 N–H and O–H groups in total. The molecule has 1 rings (SSSR count). The van der Waals surface area contributed by atoms with Gasteiger partial charge in [0, 0.05) is 23.7 Å². The van der Waals surface area contributed by atoms with Gasteiger partial charge < -0.3 is 10.1 Å². The summed E-state index contributed by atoms with van der Waals surface area (Å²) in [6, 6.07) is 8.83. The minimum Gasteiger partial charge on any atom is -0.372 e. The van der Waals surface area contributed by atoms with Crippen LogP contribution in [0.3, 0.4) is 0 Å². The predicted molar refractivity (Wildman–Crippen MR) is 94.7 cm³/mol. The zero-order chi connectivity index (χ0) is 15.5. The van der Waals surface area contributed by atoms with Crippen molar-refractivity contribution in [3.05, 3.63) is 34.3 Å². The predicted octanol–water partition coefficient (Wildman–Crippen LogP) is 5.48. The molecule has 0 saturated carbocycles. The smallest absolute Gasteiger partial charge is 0.0960 e. The number of halogens is 1. The highest BCUT2D eigenvalue weighted by Gasteiger charge is 2.15. The van der Waals surface area contributed by atoms with E-state index >= 15 is 0 Å². The third kappa shape index (κ3) is 7.98. The zero-order valence-electron chi connectivity index (χ0n) is 13.7. The Bertz CT molecular complexity index is 381. The standard InChI is InChI=1S/C18H30BrNO/c1-4-5-6-7-10-13-21-18(14-20-15(2)3)16-11-8-9-12-17(16)19/h8-9,11-12,15,18,20H,4-7,10,13-14H2,1-3H3. The first-order chi connectivity index (χ1) is 10.1. The van der Waals surface area contributed by atoms with Crippen LogP contribution < -0.4 is 5.32 Å². The Morgan fingerprint density at radius 2 is 1.81 bits per heavy atom. The van der Waals surface area contributed by atoms with Crippen LogP contribution in [0.15, 0.2) is 28.7 Å². The number of nitrogens with one attached hydrogen (secondary N) is 1. The normalized spacial score (nSPS) is 12.8. The molecule has 1 aromatic carbocycles. The molecule has 0 radical (unpaired) electrons. The van der Waals surface area contributed by atoms with Crippen molar-refractivity contribution in [3.8, 4) is 0 Å². The van der Waals surface area contributed by atoms with Gasteiger partial charge in [-0.15, -0.1) is 0 Å². The van der Waals surface area contributed by atoms with Crippen LogP contribution in [-0.2, 0) is 4.74 Å². The second kappa shape index (κ2) is 11.2. The summed E-state index contributed by atoms with van der Waals surface area (Å²) in [6.07, 6.45) is 6.50. The summed E-state index contributed by atoms with van der Waals surface area (Å²) in [5, 5.41) is 3.49. The Morgan fingerprint density at radius 3 is 2.48 bits per heavy atom. The molecule has 0 aliphatic rings. The lowest BCUT2D eigenvalue weighted by molar-refractivity contribution is 0.0481. The molecule has 1 aromatic rings. The number of rotatable bonds is 11. The molecule has 0 bridgehead atoms. The summed E-state index contributed by atoms with van der Waals surface area (Å²) in [5.41, 5.74) is 1.24. The molecule has 0 aromatic heterocycles. The van der Waals surface area contributed by atoms with Gasteiger partial charge in [-0.2, -0.15) is 0 Å². The van der Waals surface area contributed by atoms with Gasteiger partial charge in [-0.3, -0.25) is 0 Å². The molecule has 0 fully saturated rings. The van der Waals surface area contributed by atoms with Gasteiger partial charge in [0.15, 0.2) is 0 Å². The highest BCUT2D eigenvalue weighted by atomic mass is 79.9. The number of benzene rings is 1. The quantitative estimate of drug-likeness (QED) is 0.531. The fourth-order valence-electron chi connectivity index (χ4n) is 2.27. The van der Waals surface area contributed by atoms with Crippen LogP contribution in [0.4, 0.5) is 0 Å². The van der Waals surface area contributed by atoms with E-state index < -0.39 is 0 Å². The van der Waals surface area contributed by atoms with Crippen molar-refractivity contribution in [2.45, 2.75) is 65.0 Å². The summed E-state index contributed by atoms with van der Waals surface area (Å²) >= 11 is 3.64. The average molecular weight is 356 g/mol. The van der Waals surface area contributed by atoms with Crippen molar-refractivity contribution >= 4 is 15.9 Å². The van der Waals surface area contributed by atoms with Crippen LogP contribution in [-0.4, -0.2) is 19.2 Å². The van der Waals surface area contributed by atoms with Crippen LogP contribution in [0, 0.1) is 0 Å². The number of unbranched alkanes of at least 4 members (excludes halogenated alkanes) is 4. The van der Waals surface area contributed by atoms with Crippen LogP contribution in [0.1, 0.15) is 64.5 Å². The molecular formula is C18H30BrNO. The van der Waals surface area contributed by atoms with Gasteiger partial charge in [0.05, 0.1) is 6.10 Å². The van der Waals surface area contributed by atoms with E-state index in [0.717, 1.165) is 24.0 Å². The second-order valence-electron chi connectivity index (χ2n) is 5.86. The van der Waals surface area contributed by atoms with E-state index in [1.165, 1.54) is 31.2 Å². The first-order valence-electron chi connectivity index (χ1n) is 8.24. The minimum absolute atomic E-state index is 0.120. The van der Waals surface area contributed by atoms with Gasteiger partial charge in [-0.05, 0) is 18.1 Å². The lowest BCUT2D eigenvalue weighted by Crippen LogP contribution is -2.29. The highest BCUT2D eigenvalue weighted by Crippen LogP contribution is 2.26. The van der Waals surface area contributed by atoms with Crippen molar-refractivity contribution in [2.75, 3.05) is 13.2 Å². The molecule has 1 unspecified atom stereocenters. The molecule has 120 valence electrons. The van der Waals surface area contributed by atoms with E-state index in [9.17, 15) is 0 Å². The van der Waals surface area contributed by atoms with Crippen LogP contribution in [0.25, 0.3) is 0 Å². The number of hydrogen-bond acceptors (Lipinski definition) is 2. The molecule has 0 saturated heterocycles. The first kappa shape index (κ1) is 18.7. The SMILES string of the molecule is CCCCCCCOC(CNC(C)C)c1ccccc1Br. The van der Waals surface area contributed by atoms with Crippen molar-refractivity contribution < 1.29 is 4.74 Å². The van der Waals surface area contributed by atoms with Crippen molar-refractivity contribution in [1.29, 1.82) is 0 Å². The van der Waals surface area contributed by atoms with Gasteiger partial charge in [-0.25, -0.2) is 0 Å². The average Bonchev–Trinajstić information content (AvgIpc) is 2.46. The number of hydrogen-bond donors (Lipinski definition) is 1. The minimum atomic E-state index is 0.120. The summed E-state index contributed by atoms with van der Waals surface area (Å²) in [4.78, 5) is 0. The molecule has 0 aliphatic heterocycles. The van der Waals surface area contributed by atoms with Crippen LogP contribution in [0.5, 0.6) is 0 Å². The molecule has 2 nitrogen and oxygen atoms in total. The molecular weight excluding hydrogens is 326 g/mol. The summed E-state index contributed by atoms with van der Waals surface area (Å²) in [6.45, 7) is 8.28. The fourth-order valence-corrected chi connectivity index (χ4v) is 2.81. The third-order valence-corrected chi connectivity index (χ3v) is 4.25. The van der Waals surface area contributed by atoms with Gasteiger partial charge in [0.2, 0.25) is 0 Å². The third-order valence-electron chi connectivity index (χ3n) is 3.53. The summed E-state index contributed by atoms with van der Waals surface area (Å²) in [5.74, 6) is 0. The zero-order valence-corrected chi connectivity index (χ0v) is 15.3. The van der Waals surface area contributed by atoms with E-state index in [1.807, 2.05) is 6.07 Å². The van der Waals surface area contributed by atoms with Crippen molar-refractivity contribution in [3.63, 3.8) is 0 Å². The Labute approximate surface area is 138 Å². The van der Waals surface area contributed by atoms with Gasteiger partial charge >= 0.3 is 0 Å². The maximum Gasteiger partial charge on any atom is 0.0960 e. The summed E-state index contributed by atoms with van der Waals surface area (Å²) in [7, 11) is 0.